The Labute approximate surface area is 160 Å². The van der Waals surface area contributed by atoms with Crippen LogP contribution in [-0.2, 0) is 17.7 Å². The monoisotopic (exact) mass is 452 g/mol. The predicted molar refractivity (Wildman–Crippen MR) is 109 cm³/mol. The van der Waals surface area contributed by atoms with Crippen molar-refractivity contribution in [3.05, 3.63) is 21.9 Å². The molecule has 0 aromatic carbocycles. The Hall–Kier alpha value is -0.380. The molecule has 0 spiro atoms. The van der Waals surface area contributed by atoms with E-state index in [0.29, 0.717) is 12.6 Å². The first-order chi connectivity index (χ1) is 10.7. The van der Waals surface area contributed by atoms with Crippen molar-refractivity contribution < 1.29 is 4.74 Å². The van der Waals surface area contributed by atoms with E-state index < -0.39 is 0 Å². The van der Waals surface area contributed by atoms with Crippen LogP contribution in [0.5, 0.6) is 0 Å². The highest BCUT2D eigenvalue weighted by atomic mass is 127. The van der Waals surface area contributed by atoms with Gasteiger partial charge in [-0.05, 0) is 37.3 Å². The van der Waals surface area contributed by atoms with Gasteiger partial charge in [-0.15, -0.1) is 35.3 Å². The summed E-state index contributed by atoms with van der Waals surface area (Å²) in [5, 5.41) is 8.89. The van der Waals surface area contributed by atoms with Crippen LogP contribution in [0.4, 0.5) is 0 Å². The molecule has 2 N–H and O–H groups in total. The number of guanidine groups is 1. The summed E-state index contributed by atoms with van der Waals surface area (Å²) in [7, 11) is 1.80. The standard InChI is InChI=1S/C16H28N4OS.HI/c1-4-21-9-7-18-16(17-3)19-11-13(2)20-8-5-15-14(12-20)6-10-22-15;/h6,10,13H,4-5,7-9,11-12H2,1-3H3,(H2,17,18,19);1H. The number of aliphatic imine (C=N–C) groups is 1. The maximum atomic E-state index is 5.32. The molecule has 2 heterocycles. The zero-order valence-electron chi connectivity index (χ0n) is 14.3. The summed E-state index contributed by atoms with van der Waals surface area (Å²) in [4.78, 5) is 8.35. The van der Waals surface area contributed by atoms with Crippen LogP contribution in [0.1, 0.15) is 24.3 Å². The number of hydrogen-bond donors (Lipinski definition) is 2. The van der Waals surface area contributed by atoms with E-state index >= 15 is 0 Å². The highest BCUT2D eigenvalue weighted by molar-refractivity contribution is 14.0. The van der Waals surface area contributed by atoms with Gasteiger partial charge in [-0.25, -0.2) is 0 Å². The number of nitrogens with zero attached hydrogens (tertiary/aromatic N) is 2. The molecular formula is C16H29IN4OS. The fourth-order valence-corrected chi connectivity index (χ4v) is 3.52. The third-order valence-corrected chi connectivity index (χ3v) is 5.02. The first-order valence-corrected chi connectivity index (χ1v) is 8.94. The van der Waals surface area contributed by atoms with Crippen molar-refractivity contribution in [3.63, 3.8) is 0 Å². The quantitative estimate of drug-likeness (QED) is 0.289. The number of thiophene rings is 1. The van der Waals surface area contributed by atoms with E-state index in [1.165, 1.54) is 12.0 Å². The fourth-order valence-electron chi connectivity index (χ4n) is 2.63. The second-order valence-corrected chi connectivity index (χ2v) is 6.52. The molecule has 1 atom stereocenters. The molecule has 7 heteroatoms. The predicted octanol–water partition coefficient (Wildman–Crippen LogP) is 2.31. The van der Waals surface area contributed by atoms with E-state index in [-0.39, 0.29) is 24.0 Å². The fraction of sp³-hybridized carbons (Fsp3) is 0.688. The average Bonchev–Trinajstić information content (AvgIpc) is 3.01. The SMILES string of the molecule is CCOCCNC(=NC)NCC(C)N1CCc2sccc2C1.I. The van der Waals surface area contributed by atoms with Gasteiger partial charge in [-0.3, -0.25) is 9.89 Å². The van der Waals surface area contributed by atoms with Crippen molar-refractivity contribution in [2.75, 3.05) is 39.9 Å². The Morgan fingerprint density at radius 1 is 1.48 bits per heavy atom. The molecule has 1 aromatic rings. The van der Waals surface area contributed by atoms with E-state index in [0.717, 1.165) is 38.7 Å². The van der Waals surface area contributed by atoms with Crippen LogP contribution in [0, 0.1) is 0 Å². The summed E-state index contributed by atoms with van der Waals surface area (Å²) in [6, 6.07) is 2.75. The first-order valence-electron chi connectivity index (χ1n) is 8.06. The van der Waals surface area contributed by atoms with Gasteiger partial charge in [0.2, 0.25) is 0 Å². The van der Waals surface area contributed by atoms with Gasteiger partial charge in [-0.1, -0.05) is 0 Å². The second-order valence-electron chi connectivity index (χ2n) is 5.52. The van der Waals surface area contributed by atoms with Crippen LogP contribution < -0.4 is 10.6 Å². The Bertz CT molecular complexity index is 480. The lowest BCUT2D eigenvalue weighted by Gasteiger charge is -2.32. The van der Waals surface area contributed by atoms with Gasteiger partial charge < -0.3 is 15.4 Å². The van der Waals surface area contributed by atoms with E-state index in [4.69, 9.17) is 4.74 Å². The number of hydrogen-bond acceptors (Lipinski definition) is 4. The summed E-state index contributed by atoms with van der Waals surface area (Å²) in [5.74, 6) is 0.847. The van der Waals surface area contributed by atoms with Gasteiger partial charge >= 0.3 is 0 Å². The molecule has 0 saturated carbocycles. The molecule has 23 heavy (non-hydrogen) atoms. The first kappa shape index (κ1) is 20.7. The van der Waals surface area contributed by atoms with Crippen molar-refractivity contribution >= 4 is 41.3 Å². The number of nitrogens with one attached hydrogen (secondary N) is 2. The summed E-state index contributed by atoms with van der Waals surface area (Å²) in [5.41, 5.74) is 1.50. The number of rotatable bonds is 7. The van der Waals surface area contributed by atoms with E-state index in [2.05, 4.69) is 38.9 Å². The van der Waals surface area contributed by atoms with Crippen molar-refractivity contribution in [3.8, 4) is 0 Å². The lowest BCUT2D eigenvalue weighted by molar-refractivity contribution is 0.152. The minimum atomic E-state index is 0. The molecule has 1 aliphatic rings. The molecular weight excluding hydrogens is 423 g/mol. The Kier molecular flexibility index (Phi) is 10.1. The normalized spacial score (nSPS) is 16.4. The lowest BCUT2D eigenvalue weighted by Crippen LogP contribution is -2.47. The average molecular weight is 452 g/mol. The smallest absolute Gasteiger partial charge is 0.191 e. The van der Waals surface area contributed by atoms with Crippen molar-refractivity contribution in [1.29, 1.82) is 0 Å². The third kappa shape index (κ3) is 6.56. The Morgan fingerprint density at radius 2 is 2.30 bits per heavy atom. The van der Waals surface area contributed by atoms with Gasteiger partial charge in [0.25, 0.3) is 0 Å². The molecule has 2 rings (SSSR count). The molecule has 5 nitrogen and oxygen atoms in total. The molecule has 0 fully saturated rings. The largest absolute Gasteiger partial charge is 0.380 e. The summed E-state index contributed by atoms with van der Waals surface area (Å²) in [6.45, 7) is 9.64. The molecule has 1 aliphatic heterocycles. The molecule has 0 bridgehead atoms. The maximum absolute atomic E-state index is 5.32. The third-order valence-electron chi connectivity index (χ3n) is 3.99. The summed E-state index contributed by atoms with van der Waals surface area (Å²) >= 11 is 1.89. The molecule has 132 valence electrons. The molecule has 1 unspecified atom stereocenters. The minimum absolute atomic E-state index is 0. The topological polar surface area (TPSA) is 48.9 Å². The zero-order valence-corrected chi connectivity index (χ0v) is 17.4. The van der Waals surface area contributed by atoms with Crippen molar-refractivity contribution in [1.82, 2.24) is 15.5 Å². The van der Waals surface area contributed by atoms with Gasteiger partial charge in [0.05, 0.1) is 6.61 Å². The van der Waals surface area contributed by atoms with Crippen molar-refractivity contribution in [2.24, 2.45) is 4.99 Å². The van der Waals surface area contributed by atoms with Gasteiger partial charge in [-0.2, -0.15) is 0 Å². The number of fused-ring (bicyclic) bond motifs is 1. The molecule has 0 aliphatic carbocycles. The van der Waals surface area contributed by atoms with Crippen LogP contribution in [0.2, 0.25) is 0 Å². The van der Waals surface area contributed by atoms with Gasteiger partial charge in [0.15, 0.2) is 5.96 Å². The van der Waals surface area contributed by atoms with Crippen LogP contribution in [0.25, 0.3) is 0 Å². The van der Waals surface area contributed by atoms with E-state index in [1.807, 2.05) is 18.3 Å². The lowest BCUT2D eigenvalue weighted by atomic mass is 10.1. The summed E-state index contributed by atoms with van der Waals surface area (Å²) in [6.07, 6.45) is 1.18. The van der Waals surface area contributed by atoms with Gasteiger partial charge in [0, 0.05) is 50.8 Å². The number of ether oxygens (including phenoxy) is 1. The molecule has 0 radical (unpaired) electrons. The highest BCUT2D eigenvalue weighted by Gasteiger charge is 2.21. The minimum Gasteiger partial charge on any atom is -0.380 e. The van der Waals surface area contributed by atoms with Crippen molar-refractivity contribution in [2.45, 2.75) is 32.9 Å². The summed E-state index contributed by atoms with van der Waals surface area (Å²) < 4.78 is 5.32. The number of halogens is 1. The molecule has 1 aromatic heterocycles. The Morgan fingerprint density at radius 3 is 3.04 bits per heavy atom. The maximum Gasteiger partial charge on any atom is 0.191 e. The van der Waals surface area contributed by atoms with Crippen LogP contribution >= 0.6 is 35.3 Å². The molecule has 0 saturated heterocycles. The van der Waals surface area contributed by atoms with Gasteiger partial charge in [0.1, 0.15) is 0 Å². The highest BCUT2D eigenvalue weighted by Crippen LogP contribution is 2.24. The zero-order chi connectivity index (χ0) is 15.8. The van der Waals surface area contributed by atoms with E-state index in [9.17, 15) is 0 Å². The van der Waals surface area contributed by atoms with E-state index in [1.54, 1.807) is 11.9 Å². The van der Waals surface area contributed by atoms with Crippen LogP contribution in [-0.4, -0.2) is 56.8 Å². The second kappa shape index (κ2) is 11.2. The van der Waals surface area contributed by atoms with Crippen LogP contribution in [0.3, 0.4) is 0 Å². The van der Waals surface area contributed by atoms with Crippen LogP contribution in [0.15, 0.2) is 16.4 Å². The molecule has 0 amide bonds. The Balaban J connectivity index is 0.00000264.